The number of hydrogen-bond acceptors (Lipinski definition) is 3. The maximum atomic E-state index is 12.2. The molecule has 0 bridgehead atoms. The van der Waals surface area contributed by atoms with Crippen molar-refractivity contribution in [2.24, 2.45) is 11.3 Å². The van der Waals surface area contributed by atoms with Crippen LogP contribution in [0.3, 0.4) is 0 Å². The van der Waals surface area contributed by atoms with E-state index in [-0.39, 0.29) is 24.2 Å². The van der Waals surface area contributed by atoms with E-state index in [1.807, 2.05) is 0 Å². The van der Waals surface area contributed by atoms with Gasteiger partial charge in [0.05, 0.1) is 0 Å². The van der Waals surface area contributed by atoms with Crippen molar-refractivity contribution in [1.29, 1.82) is 0 Å². The monoisotopic (exact) mass is 330 g/mol. The summed E-state index contributed by atoms with van der Waals surface area (Å²) in [7, 11) is 0. The number of carbonyl (C=O) groups excluding carboxylic acids is 1. The van der Waals surface area contributed by atoms with Crippen LogP contribution in [0.5, 0.6) is 0 Å². The molecule has 5 heteroatoms. The molecular weight excluding hydrogens is 300 g/mol. The lowest BCUT2D eigenvalue weighted by molar-refractivity contribution is -0.123. The average molecular weight is 331 g/mol. The lowest BCUT2D eigenvalue weighted by Gasteiger charge is -2.22. The number of hydrogen-bond donors (Lipinski definition) is 2. The molecule has 1 unspecified atom stereocenters. The highest BCUT2D eigenvalue weighted by atomic mass is 35.5. The molecule has 1 aliphatic heterocycles. The Hall–Kier alpha value is -0.320. The predicted molar refractivity (Wildman–Crippen MR) is 90.3 cm³/mol. The molecule has 128 valence electrons. The molecule has 1 amide bonds. The molecule has 1 heterocycles. The van der Waals surface area contributed by atoms with Gasteiger partial charge in [-0.3, -0.25) is 4.79 Å². The summed E-state index contributed by atoms with van der Waals surface area (Å²) in [5.41, 5.74) is 0.303. The van der Waals surface area contributed by atoms with Crippen LogP contribution in [0.2, 0.25) is 0 Å². The largest absolute Gasteiger partial charge is 0.381 e. The molecule has 0 aromatic carbocycles. The molecule has 0 aromatic heterocycles. The SMILES string of the molecule is Cl.O=C(NCCNC1CCCCCC1)C1CC12CCOCC2. The second kappa shape index (κ2) is 8.51. The van der Waals surface area contributed by atoms with Gasteiger partial charge in [0, 0.05) is 38.3 Å². The fourth-order valence-corrected chi connectivity index (χ4v) is 4.12. The molecule has 2 aliphatic carbocycles. The molecule has 2 saturated carbocycles. The molecule has 3 rings (SSSR count). The molecule has 3 fully saturated rings. The third kappa shape index (κ3) is 4.59. The highest BCUT2D eigenvalue weighted by Crippen LogP contribution is 2.59. The lowest BCUT2D eigenvalue weighted by atomic mass is 9.93. The van der Waals surface area contributed by atoms with Gasteiger partial charge in [-0.1, -0.05) is 25.7 Å². The van der Waals surface area contributed by atoms with Gasteiger partial charge in [-0.05, 0) is 37.5 Å². The Kier molecular flexibility index (Phi) is 6.97. The quantitative estimate of drug-likeness (QED) is 0.602. The first-order chi connectivity index (χ1) is 10.3. The highest BCUT2D eigenvalue weighted by molar-refractivity contribution is 5.85. The molecule has 0 aromatic rings. The summed E-state index contributed by atoms with van der Waals surface area (Å²) >= 11 is 0. The van der Waals surface area contributed by atoms with E-state index >= 15 is 0 Å². The number of carbonyl (C=O) groups is 1. The number of ether oxygens (including phenoxy) is 1. The van der Waals surface area contributed by atoms with E-state index < -0.39 is 0 Å². The summed E-state index contributed by atoms with van der Waals surface area (Å²) in [5.74, 6) is 0.541. The second-order valence-corrected chi connectivity index (χ2v) is 7.17. The van der Waals surface area contributed by atoms with Gasteiger partial charge in [0.2, 0.25) is 5.91 Å². The van der Waals surface area contributed by atoms with E-state index in [4.69, 9.17) is 4.74 Å². The number of rotatable bonds is 5. The molecular formula is C17H31ClN2O2. The van der Waals surface area contributed by atoms with Gasteiger partial charge < -0.3 is 15.4 Å². The second-order valence-electron chi connectivity index (χ2n) is 7.17. The van der Waals surface area contributed by atoms with Gasteiger partial charge >= 0.3 is 0 Å². The minimum absolute atomic E-state index is 0. The first kappa shape index (κ1) is 18.0. The van der Waals surface area contributed by atoms with Crippen molar-refractivity contribution in [2.75, 3.05) is 26.3 Å². The van der Waals surface area contributed by atoms with Crippen molar-refractivity contribution in [2.45, 2.75) is 63.8 Å². The predicted octanol–water partition coefficient (Wildman–Crippen LogP) is 2.65. The summed E-state index contributed by atoms with van der Waals surface area (Å²) in [4.78, 5) is 12.2. The van der Waals surface area contributed by atoms with Crippen LogP contribution in [0.25, 0.3) is 0 Å². The summed E-state index contributed by atoms with van der Waals surface area (Å²) < 4.78 is 5.41. The van der Waals surface area contributed by atoms with Crippen molar-refractivity contribution in [3.63, 3.8) is 0 Å². The Labute approximate surface area is 140 Å². The summed E-state index contributed by atoms with van der Waals surface area (Å²) in [6.07, 6.45) is 11.3. The van der Waals surface area contributed by atoms with Gasteiger partial charge in [0.1, 0.15) is 0 Å². The van der Waals surface area contributed by atoms with E-state index in [1.165, 1.54) is 38.5 Å². The topological polar surface area (TPSA) is 50.4 Å². The normalized spacial score (nSPS) is 27.7. The van der Waals surface area contributed by atoms with Crippen LogP contribution in [-0.4, -0.2) is 38.3 Å². The Morgan fingerprint density at radius 2 is 1.73 bits per heavy atom. The first-order valence-electron chi connectivity index (χ1n) is 8.89. The first-order valence-corrected chi connectivity index (χ1v) is 8.89. The third-order valence-corrected chi connectivity index (χ3v) is 5.71. The number of amides is 1. The van der Waals surface area contributed by atoms with Gasteiger partial charge in [0.15, 0.2) is 0 Å². The van der Waals surface area contributed by atoms with Crippen LogP contribution >= 0.6 is 12.4 Å². The van der Waals surface area contributed by atoms with Crippen molar-refractivity contribution in [3.05, 3.63) is 0 Å². The zero-order valence-corrected chi connectivity index (χ0v) is 14.4. The average Bonchev–Trinajstić information content (AvgIpc) is 3.25. The van der Waals surface area contributed by atoms with E-state index in [0.717, 1.165) is 45.6 Å². The van der Waals surface area contributed by atoms with Gasteiger partial charge in [-0.25, -0.2) is 0 Å². The fourth-order valence-electron chi connectivity index (χ4n) is 4.12. The number of nitrogens with one attached hydrogen (secondary N) is 2. The van der Waals surface area contributed by atoms with Gasteiger partial charge in [-0.15, -0.1) is 12.4 Å². The van der Waals surface area contributed by atoms with E-state index in [9.17, 15) is 4.79 Å². The van der Waals surface area contributed by atoms with Crippen LogP contribution in [-0.2, 0) is 9.53 Å². The van der Waals surface area contributed by atoms with Gasteiger partial charge in [-0.2, -0.15) is 0 Å². The molecule has 3 aliphatic rings. The smallest absolute Gasteiger partial charge is 0.223 e. The third-order valence-electron chi connectivity index (χ3n) is 5.71. The van der Waals surface area contributed by atoms with E-state index in [1.54, 1.807) is 0 Å². The molecule has 0 radical (unpaired) electrons. The standard InChI is InChI=1S/C17H30N2O2.ClH/c20-16(15-13-17(15)7-11-21-12-8-17)19-10-9-18-14-5-3-1-2-4-6-14;/h14-15,18H,1-13H2,(H,19,20);1H. The van der Waals surface area contributed by atoms with E-state index in [2.05, 4.69) is 10.6 Å². The van der Waals surface area contributed by atoms with Crippen LogP contribution in [0.1, 0.15) is 57.8 Å². The van der Waals surface area contributed by atoms with Crippen LogP contribution in [0.4, 0.5) is 0 Å². The number of halogens is 1. The van der Waals surface area contributed by atoms with Crippen molar-refractivity contribution < 1.29 is 9.53 Å². The van der Waals surface area contributed by atoms with Crippen LogP contribution in [0.15, 0.2) is 0 Å². The zero-order chi connectivity index (χ0) is 14.5. The maximum Gasteiger partial charge on any atom is 0.223 e. The van der Waals surface area contributed by atoms with Crippen molar-refractivity contribution >= 4 is 18.3 Å². The Bertz CT molecular complexity index is 351. The summed E-state index contributed by atoms with van der Waals surface area (Å²) in [6, 6.07) is 0.673. The highest BCUT2D eigenvalue weighted by Gasteiger charge is 2.57. The summed E-state index contributed by atoms with van der Waals surface area (Å²) in [6.45, 7) is 3.37. The molecule has 4 nitrogen and oxygen atoms in total. The van der Waals surface area contributed by atoms with Crippen LogP contribution in [0, 0.1) is 11.3 Å². The Morgan fingerprint density at radius 3 is 2.41 bits per heavy atom. The van der Waals surface area contributed by atoms with E-state index in [0.29, 0.717) is 11.5 Å². The lowest BCUT2D eigenvalue weighted by Crippen LogP contribution is -2.38. The van der Waals surface area contributed by atoms with Crippen molar-refractivity contribution in [1.82, 2.24) is 10.6 Å². The summed E-state index contributed by atoms with van der Waals surface area (Å²) in [5, 5.41) is 6.74. The fraction of sp³-hybridized carbons (Fsp3) is 0.941. The van der Waals surface area contributed by atoms with Crippen LogP contribution < -0.4 is 10.6 Å². The maximum absolute atomic E-state index is 12.2. The Morgan fingerprint density at radius 1 is 1.05 bits per heavy atom. The Balaban J connectivity index is 0.00000176. The molecule has 2 N–H and O–H groups in total. The molecule has 1 spiro atoms. The van der Waals surface area contributed by atoms with Gasteiger partial charge in [0.25, 0.3) is 0 Å². The van der Waals surface area contributed by atoms with Crippen molar-refractivity contribution in [3.8, 4) is 0 Å². The zero-order valence-electron chi connectivity index (χ0n) is 13.6. The minimum atomic E-state index is 0. The molecule has 22 heavy (non-hydrogen) atoms. The molecule has 1 saturated heterocycles. The molecule has 1 atom stereocenters. The minimum Gasteiger partial charge on any atom is -0.381 e.